The van der Waals surface area contributed by atoms with Crippen molar-refractivity contribution in [3.8, 4) is 0 Å². The fourth-order valence-corrected chi connectivity index (χ4v) is 5.03. The summed E-state index contributed by atoms with van der Waals surface area (Å²) in [4.78, 5) is 0. The smallest absolute Gasteiger partial charge is 0.0535 e. The van der Waals surface area contributed by atoms with Gasteiger partial charge < -0.3 is 5.32 Å². The first-order valence-corrected chi connectivity index (χ1v) is 9.37. The first-order valence-electron chi connectivity index (χ1n) is 9.37. The van der Waals surface area contributed by atoms with E-state index in [0.29, 0.717) is 12.0 Å². The monoisotopic (exact) mass is 323 g/mol. The number of fused-ring (bicyclic) bond motifs is 1. The van der Waals surface area contributed by atoms with Gasteiger partial charge >= 0.3 is 0 Å². The second-order valence-electron chi connectivity index (χ2n) is 8.62. The van der Waals surface area contributed by atoms with Crippen LogP contribution >= 0.6 is 0 Å². The van der Waals surface area contributed by atoms with Crippen molar-refractivity contribution in [3.05, 3.63) is 53.3 Å². The zero-order valence-corrected chi connectivity index (χ0v) is 15.0. The number of benzene rings is 1. The summed E-state index contributed by atoms with van der Waals surface area (Å²) >= 11 is 0. The summed E-state index contributed by atoms with van der Waals surface area (Å²) in [5.41, 5.74) is 4.20. The molecule has 24 heavy (non-hydrogen) atoms. The molecule has 2 saturated carbocycles. The highest BCUT2D eigenvalue weighted by atomic mass is 15.1. The number of nitrogens with zero attached hydrogens (tertiary/aromatic N) is 1. The van der Waals surface area contributed by atoms with E-state index in [4.69, 9.17) is 0 Å². The average molecular weight is 323 g/mol. The molecule has 3 nitrogen and oxygen atoms in total. The Bertz CT molecular complexity index is 683. The van der Waals surface area contributed by atoms with Gasteiger partial charge in [0.05, 0.1) is 6.20 Å². The number of aromatic amines is 1. The lowest BCUT2D eigenvalue weighted by molar-refractivity contribution is 0.0939. The van der Waals surface area contributed by atoms with E-state index < -0.39 is 0 Å². The van der Waals surface area contributed by atoms with E-state index in [1.165, 1.54) is 36.1 Å². The fourth-order valence-electron chi connectivity index (χ4n) is 5.03. The Hall–Kier alpha value is -1.61. The zero-order chi connectivity index (χ0) is 16.7. The number of aromatic nitrogens is 2. The third-order valence-corrected chi connectivity index (χ3v) is 6.11. The highest BCUT2D eigenvalue weighted by molar-refractivity contribution is 5.29. The van der Waals surface area contributed by atoms with Crippen LogP contribution in [0.2, 0.25) is 0 Å². The first-order chi connectivity index (χ1) is 11.6. The van der Waals surface area contributed by atoms with Crippen LogP contribution < -0.4 is 5.32 Å². The van der Waals surface area contributed by atoms with Crippen molar-refractivity contribution in [1.82, 2.24) is 15.5 Å². The molecule has 0 unspecified atom stereocenters. The molecule has 2 aromatic rings. The molecule has 1 heterocycles. The van der Waals surface area contributed by atoms with Gasteiger partial charge in [-0.3, -0.25) is 5.10 Å². The standard InChI is InChI=1S/C21H29N3/c1-21(2,3)20-15(13-23-24-20)12-22-19-17-11-7-10-16(17)18(19)14-8-5-4-6-9-14/h4-6,8-9,13,16-19,22H,7,10-12H2,1-3H3,(H,23,24)/t16-,17+,18+,19+/m0/s1. The van der Waals surface area contributed by atoms with Gasteiger partial charge in [-0.2, -0.15) is 5.10 Å². The normalized spacial score (nSPS) is 29.3. The third-order valence-electron chi connectivity index (χ3n) is 6.11. The number of nitrogens with one attached hydrogen (secondary N) is 2. The van der Waals surface area contributed by atoms with E-state index in [1.54, 1.807) is 0 Å². The Morgan fingerprint density at radius 1 is 1.12 bits per heavy atom. The fraction of sp³-hybridized carbons (Fsp3) is 0.571. The van der Waals surface area contributed by atoms with Gasteiger partial charge in [-0.1, -0.05) is 57.5 Å². The van der Waals surface area contributed by atoms with Gasteiger partial charge in [0.15, 0.2) is 0 Å². The average Bonchev–Trinajstić information content (AvgIpc) is 3.16. The molecule has 2 aliphatic carbocycles. The molecule has 0 amide bonds. The number of H-pyrrole nitrogens is 1. The second kappa shape index (κ2) is 6.03. The quantitative estimate of drug-likeness (QED) is 0.876. The van der Waals surface area contributed by atoms with Crippen molar-refractivity contribution in [2.45, 2.75) is 64.0 Å². The summed E-state index contributed by atoms with van der Waals surface area (Å²) in [6.07, 6.45) is 6.19. The van der Waals surface area contributed by atoms with Gasteiger partial charge in [-0.15, -0.1) is 0 Å². The zero-order valence-electron chi connectivity index (χ0n) is 15.0. The van der Waals surface area contributed by atoms with Crippen molar-refractivity contribution < 1.29 is 0 Å². The molecule has 2 aliphatic rings. The summed E-state index contributed by atoms with van der Waals surface area (Å²) in [6, 6.07) is 11.7. The Balaban J connectivity index is 1.50. The summed E-state index contributed by atoms with van der Waals surface area (Å²) in [5, 5.41) is 11.4. The van der Waals surface area contributed by atoms with Crippen molar-refractivity contribution in [2.75, 3.05) is 0 Å². The molecule has 0 spiro atoms. The first kappa shape index (κ1) is 15.9. The molecule has 1 aromatic carbocycles. The van der Waals surface area contributed by atoms with Crippen molar-refractivity contribution in [2.24, 2.45) is 11.8 Å². The molecule has 0 saturated heterocycles. The van der Waals surface area contributed by atoms with Crippen LogP contribution in [0.5, 0.6) is 0 Å². The maximum Gasteiger partial charge on any atom is 0.0535 e. The van der Waals surface area contributed by atoms with Crippen molar-refractivity contribution >= 4 is 0 Å². The van der Waals surface area contributed by atoms with Gasteiger partial charge in [0.25, 0.3) is 0 Å². The van der Waals surface area contributed by atoms with E-state index >= 15 is 0 Å². The van der Waals surface area contributed by atoms with Gasteiger partial charge in [-0.05, 0) is 30.2 Å². The maximum absolute atomic E-state index is 4.29. The van der Waals surface area contributed by atoms with Crippen LogP contribution in [0.1, 0.15) is 62.8 Å². The van der Waals surface area contributed by atoms with E-state index in [1.807, 2.05) is 6.20 Å². The minimum Gasteiger partial charge on any atom is -0.309 e. The molecule has 4 rings (SSSR count). The SMILES string of the molecule is CC(C)(C)c1[nH]ncc1CN[C@@H]1[C@@H]2CCC[C@@H]2[C@H]1c1ccccc1. The van der Waals surface area contributed by atoms with Crippen molar-refractivity contribution in [3.63, 3.8) is 0 Å². The molecule has 3 heteroatoms. The molecule has 1 aromatic heterocycles. The summed E-state index contributed by atoms with van der Waals surface area (Å²) in [5.74, 6) is 2.43. The predicted molar refractivity (Wildman–Crippen MR) is 97.9 cm³/mol. The van der Waals surface area contributed by atoms with Crippen LogP contribution in [0.25, 0.3) is 0 Å². The Kier molecular flexibility index (Phi) is 4.00. The maximum atomic E-state index is 4.29. The van der Waals surface area contributed by atoms with E-state index in [2.05, 4.69) is 66.6 Å². The van der Waals surface area contributed by atoms with E-state index in [-0.39, 0.29) is 5.41 Å². The second-order valence-corrected chi connectivity index (χ2v) is 8.62. The van der Waals surface area contributed by atoms with Crippen LogP contribution in [0.4, 0.5) is 0 Å². The Morgan fingerprint density at radius 2 is 1.88 bits per heavy atom. The van der Waals surface area contributed by atoms with Gasteiger partial charge in [0.2, 0.25) is 0 Å². The van der Waals surface area contributed by atoms with Crippen LogP contribution in [0.15, 0.2) is 36.5 Å². The van der Waals surface area contributed by atoms with Gasteiger partial charge in [-0.25, -0.2) is 0 Å². The molecular weight excluding hydrogens is 294 g/mol. The summed E-state index contributed by atoms with van der Waals surface area (Å²) in [7, 11) is 0. The molecule has 2 N–H and O–H groups in total. The highest BCUT2D eigenvalue weighted by Gasteiger charge is 2.52. The van der Waals surface area contributed by atoms with Gasteiger partial charge in [0.1, 0.15) is 0 Å². The van der Waals surface area contributed by atoms with E-state index in [0.717, 1.165) is 18.4 Å². The van der Waals surface area contributed by atoms with Crippen LogP contribution in [-0.4, -0.2) is 16.2 Å². The van der Waals surface area contributed by atoms with Crippen molar-refractivity contribution in [1.29, 1.82) is 0 Å². The molecular formula is C21H29N3. The number of hydrogen-bond acceptors (Lipinski definition) is 2. The molecule has 2 fully saturated rings. The highest BCUT2D eigenvalue weighted by Crippen LogP contribution is 2.56. The number of hydrogen-bond donors (Lipinski definition) is 2. The molecule has 0 radical (unpaired) electrons. The topological polar surface area (TPSA) is 40.7 Å². The molecule has 0 bridgehead atoms. The lowest BCUT2D eigenvalue weighted by atomic mass is 9.60. The summed E-state index contributed by atoms with van der Waals surface area (Å²) < 4.78 is 0. The molecule has 128 valence electrons. The Labute approximate surface area is 145 Å². The predicted octanol–water partition coefficient (Wildman–Crippen LogP) is 4.38. The molecule has 4 atom stereocenters. The van der Waals surface area contributed by atoms with Gasteiger partial charge in [0, 0.05) is 35.2 Å². The van der Waals surface area contributed by atoms with Crippen LogP contribution in [0.3, 0.4) is 0 Å². The largest absolute Gasteiger partial charge is 0.309 e. The third kappa shape index (κ3) is 2.69. The van der Waals surface area contributed by atoms with Crippen LogP contribution in [0, 0.1) is 11.8 Å². The lowest BCUT2D eigenvalue weighted by Crippen LogP contribution is -2.54. The lowest BCUT2D eigenvalue weighted by Gasteiger charge is -2.50. The van der Waals surface area contributed by atoms with Crippen LogP contribution in [-0.2, 0) is 12.0 Å². The van der Waals surface area contributed by atoms with E-state index in [9.17, 15) is 0 Å². The molecule has 0 aliphatic heterocycles. The summed E-state index contributed by atoms with van der Waals surface area (Å²) in [6.45, 7) is 7.65. The number of rotatable bonds is 4. The Morgan fingerprint density at radius 3 is 2.62 bits per heavy atom. The minimum absolute atomic E-state index is 0.113. The minimum atomic E-state index is 0.113.